The summed E-state index contributed by atoms with van der Waals surface area (Å²) in [5.74, 6) is 1.13. The third kappa shape index (κ3) is 6.27. The lowest BCUT2D eigenvalue weighted by atomic mass is 11.0. The molecule has 0 saturated heterocycles. The molecule has 0 aliphatic carbocycles. The van der Waals surface area contributed by atoms with Crippen molar-refractivity contribution in [1.29, 1.82) is 0 Å². The van der Waals surface area contributed by atoms with Gasteiger partial charge in [0.15, 0.2) is 0 Å². The van der Waals surface area contributed by atoms with Gasteiger partial charge in [-0.2, -0.15) is 0 Å². The van der Waals surface area contributed by atoms with Crippen LogP contribution in [-0.4, -0.2) is 19.5 Å². The zero-order chi connectivity index (χ0) is 5.54. The first-order chi connectivity index (χ1) is 3.41. The van der Waals surface area contributed by atoms with Crippen LogP contribution in [0.4, 0.5) is 0 Å². The summed E-state index contributed by atoms with van der Waals surface area (Å²) in [5, 5.41) is 2.97. The molecule has 0 rings (SSSR count). The highest BCUT2D eigenvalue weighted by Crippen LogP contribution is 1.85. The molecular weight excluding hydrogens is 108 g/mol. The van der Waals surface area contributed by atoms with Crippen LogP contribution in [0.2, 0.25) is 0 Å². The van der Waals surface area contributed by atoms with Crippen LogP contribution in [0.15, 0.2) is 0 Å². The molecule has 0 aromatic carbocycles. The normalized spacial score (nSPS) is 9.43. The van der Waals surface area contributed by atoms with Gasteiger partial charge in [-0.1, -0.05) is 18.9 Å². The third-order valence-corrected chi connectivity index (χ3v) is 1.13. The Morgan fingerprint density at radius 3 is 2.71 bits per heavy atom. The number of hydrogen-bond acceptors (Lipinski definition) is 3. The van der Waals surface area contributed by atoms with Crippen LogP contribution < -0.4 is 10.0 Å². The van der Waals surface area contributed by atoms with Crippen molar-refractivity contribution < 1.29 is 0 Å². The Labute approximate surface area is 49.2 Å². The second kappa shape index (κ2) is 6.27. The highest BCUT2D eigenvalue weighted by Gasteiger charge is 1.75. The van der Waals surface area contributed by atoms with Gasteiger partial charge in [-0.3, -0.25) is 4.72 Å². The number of rotatable bonds is 4. The minimum atomic E-state index is 0.887. The predicted molar refractivity (Wildman–Crippen MR) is 35.2 cm³/mol. The Balaban J connectivity index is 2.45. The van der Waals surface area contributed by atoms with E-state index in [1.165, 1.54) is 0 Å². The molecule has 0 unspecified atom stereocenters. The Bertz CT molecular complexity index is 28.9. The third-order valence-electron chi connectivity index (χ3n) is 0.495. The molecule has 0 spiro atoms. The lowest BCUT2D eigenvalue weighted by molar-refractivity contribution is 0.790. The van der Waals surface area contributed by atoms with Crippen molar-refractivity contribution in [3.63, 3.8) is 0 Å². The van der Waals surface area contributed by atoms with Crippen LogP contribution in [0.25, 0.3) is 0 Å². The molecule has 0 radical (unpaired) electrons. The second-order valence-electron chi connectivity index (χ2n) is 1.11. The quantitative estimate of drug-likeness (QED) is 0.319. The van der Waals surface area contributed by atoms with E-state index in [9.17, 15) is 0 Å². The molecule has 0 aliphatic rings. The predicted octanol–water partition coefficient (Wildman–Crippen LogP) is 0.421. The van der Waals surface area contributed by atoms with Crippen molar-refractivity contribution in [3.05, 3.63) is 0 Å². The molecule has 0 aliphatic heterocycles. The SMILES string of the molecule is CCSNCNC. The molecular formula is C4H12N2S. The minimum Gasteiger partial charge on any atom is -0.307 e. The Kier molecular flexibility index (Phi) is 6.51. The number of nitrogens with one attached hydrogen (secondary N) is 2. The summed E-state index contributed by atoms with van der Waals surface area (Å²) in [6.07, 6.45) is 0. The van der Waals surface area contributed by atoms with E-state index >= 15 is 0 Å². The van der Waals surface area contributed by atoms with Crippen LogP contribution in [-0.2, 0) is 0 Å². The Morgan fingerprint density at radius 1 is 1.57 bits per heavy atom. The van der Waals surface area contributed by atoms with E-state index in [0.717, 1.165) is 12.4 Å². The van der Waals surface area contributed by atoms with Gasteiger partial charge >= 0.3 is 0 Å². The molecule has 0 fully saturated rings. The summed E-state index contributed by atoms with van der Waals surface area (Å²) < 4.78 is 3.09. The van der Waals surface area contributed by atoms with E-state index in [-0.39, 0.29) is 0 Å². The first kappa shape index (κ1) is 7.27. The maximum Gasteiger partial charge on any atom is 0.0549 e. The topological polar surface area (TPSA) is 24.1 Å². The summed E-state index contributed by atoms with van der Waals surface area (Å²) in [6.45, 7) is 3.01. The molecule has 7 heavy (non-hydrogen) atoms. The van der Waals surface area contributed by atoms with Crippen LogP contribution in [0.1, 0.15) is 6.92 Å². The first-order valence-corrected chi connectivity index (χ1v) is 3.39. The first-order valence-electron chi connectivity index (χ1n) is 2.41. The van der Waals surface area contributed by atoms with Crippen LogP contribution in [0, 0.1) is 0 Å². The van der Waals surface area contributed by atoms with Gasteiger partial charge < -0.3 is 5.32 Å². The highest BCUT2D eigenvalue weighted by molar-refractivity contribution is 7.97. The van der Waals surface area contributed by atoms with Crippen LogP contribution >= 0.6 is 11.9 Å². The molecule has 3 heteroatoms. The van der Waals surface area contributed by atoms with Gasteiger partial charge in [0.05, 0.1) is 6.67 Å². The molecule has 0 aromatic heterocycles. The highest BCUT2D eigenvalue weighted by atomic mass is 32.2. The zero-order valence-electron chi connectivity index (χ0n) is 4.82. The van der Waals surface area contributed by atoms with E-state index < -0.39 is 0 Å². The molecule has 0 saturated carbocycles. The molecule has 0 aromatic rings. The summed E-state index contributed by atoms with van der Waals surface area (Å²) in [5.41, 5.74) is 0. The fourth-order valence-corrected chi connectivity index (χ4v) is 0.676. The van der Waals surface area contributed by atoms with Crippen molar-refractivity contribution in [2.75, 3.05) is 19.5 Å². The fourth-order valence-electron chi connectivity index (χ4n) is 0.225. The Morgan fingerprint density at radius 2 is 2.29 bits per heavy atom. The van der Waals surface area contributed by atoms with Gasteiger partial charge in [0.2, 0.25) is 0 Å². The largest absolute Gasteiger partial charge is 0.307 e. The van der Waals surface area contributed by atoms with E-state index in [1.807, 2.05) is 7.05 Å². The Hall–Kier alpha value is 0.270. The van der Waals surface area contributed by atoms with Gasteiger partial charge in [0, 0.05) is 5.75 Å². The number of hydrogen-bond donors (Lipinski definition) is 2. The van der Waals surface area contributed by atoms with Crippen molar-refractivity contribution in [1.82, 2.24) is 10.0 Å². The maximum atomic E-state index is 3.09. The standard InChI is InChI=1S/C4H12N2S/c1-3-7-6-4-5-2/h5-6H,3-4H2,1-2H3. The van der Waals surface area contributed by atoms with Crippen molar-refractivity contribution in [2.24, 2.45) is 0 Å². The second-order valence-corrected chi connectivity index (χ2v) is 2.26. The van der Waals surface area contributed by atoms with E-state index in [1.54, 1.807) is 11.9 Å². The summed E-state index contributed by atoms with van der Waals surface area (Å²) in [4.78, 5) is 0. The van der Waals surface area contributed by atoms with Crippen molar-refractivity contribution in [2.45, 2.75) is 6.92 Å². The molecule has 0 amide bonds. The molecule has 2 N–H and O–H groups in total. The van der Waals surface area contributed by atoms with Gasteiger partial charge in [-0.25, -0.2) is 0 Å². The van der Waals surface area contributed by atoms with E-state index in [0.29, 0.717) is 0 Å². The van der Waals surface area contributed by atoms with Crippen molar-refractivity contribution in [3.8, 4) is 0 Å². The lowest BCUT2D eigenvalue weighted by Crippen LogP contribution is -2.19. The molecule has 0 atom stereocenters. The average molecular weight is 120 g/mol. The van der Waals surface area contributed by atoms with Crippen LogP contribution in [0.5, 0.6) is 0 Å². The average Bonchev–Trinajstić information content (AvgIpc) is 1.69. The summed E-state index contributed by atoms with van der Waals surface area (Å²) in [6, 6.07) is 0. The van der Waals surface area contributed by atoms with Gasteiger partial charge in [0.1, 0.15) is 0 Å². The van der Waals surface area contributed by atoms with Gasteiger partial charge in [0.25, 0.3) is 0 Å². The fraction of sp³-hybridized carbons (Fsp3) is 1.00. The maximum absolute atomic E-state index is 3.09. The van der Waals surface area contributed by atoms with Gasteiger partial charge in [-0.15, -0.1) is 0 Å². The molecule has 2 nitrogen and oxygen atoms in total. The molecule has 0 bridgehead atoms. The monoisotopic (exact) mass is 120 g/mol. The van der Waals surface area contributed by atoms with Crippen molar-refractivity contribution >= 4 is 11.9 Å². The zero-order valence-corrected chi connectivity index (χ0v) is 5.64. The van der Waals surface area contributed by atoms with E-state index in [2.05, 4.69) is 17.0 Å². The summed E-state index contributed by atoms with van der Waals surface area (Å²) >= 11 is 1.72. The summed E-state index contributed by atoms with van der Waals surface area (Å²) in [7, 11) is 1.92. The molecule has 44 valence electrons. The lowest BCUT2D eigenvalue weighted by Gasteiger charge is -1.96. The molecule has 0 heterocycles. The van der Waals surface area contributed by atoms with Crippen LogP contribution in [0.3, 0.4) is 0 Å². The smallest absolute Gasteiger partial charge is 0.0549 e. The van der Waals surface area contributed by atoms with E-state index in [4.69, 9.17) is 0 Å². The van der Waals surface area contributed by atoms with Gasteiger partial charge in [-0.05, 0) is 7.05 Å². The minimum absolute atomic E-state index is 0.887.